The minimum Gasteiger partial charge on any atom is -0.352 e. The summed E-state index contributed by atoms with van der Waals surface area (Å²) < 4.78 is 39.7. The van der Waals surface area contributed by atoms with Gasteiger partial charge in [0.1, 0.15) is 18.4 Å². The quantitative estimate of drug-likeness (QED) is 0.446. The number of anilines is 1. The van der Waals surface area contributed by atoms with Crippen molar-refractivity contribution in [3.8, 4) is 0 Å². The summed E-state index contributed by atoms with van der Waals surface area (Å²) in [6.45, 7) is 4.75. The van der Waals surface area contributed by atoms with Crippen molar-refractivity contribution in [2.45, 2.75) is 52.2 Å². The van der Waals surface area contributed by atoms with Crippen LogP contribution in [-0.2, 0) is 26.2 Å². The van der Waals surface area contributed by atoms with E-state index in [1.165, 1.54) is 23.1 Å². The fourth-order valence-corrected chi connectivity index (χ4v) is 4.82. The van der Waals surface area contributed by atoms with Crippen molar-refractivity contribution in [3.05, 3.63) is 63.9 Å². The lowest BCUT2D eigenvalue weighted by atomic mass is 10.1. The minimum absolute atomic E-state index is 0.00585. The molecule has 0 aromatic heterocycles. The molecule has 0 aliphatic carbocycles. The highest BCUT2D eigenvalue weighted by atomic mass is 35.5. The first kappa shape index (κ1) is 28.9. The molecule has 2 aromatic rings. The van der Waals surface area contributed by atoms with Crippen LogP contribution in [0.25, 0.3) is 0 Å². The number of nitrogens with zero attached hydrogens (tertiary/aromatic N) is 2. The van der Waals surface area contributed by atoms with Gasteiger partial charge < -0.3 is 10.2 Å². The fraction of sp³-hybridized carbons (Fsp3) is 0.417. The Morgan fingerprint density at radius 1 is 1.06 bits per heavy atom. The van der Waals surface area contributed by atoms with E-state index in [0.717, 1.165) is 16.6 Å². The van der Waals surface area contributed by atoms with E-state index in [2.05, 4.69) is 5.32 Å². The van der Waals surface area contributed by atoms with Crippen LogP contribution in [0.1, 0.15) is 39.2 Å². The van der Waals surface area contributed by atoms with Gasteiger partial charge >= 0.3 is 0 Å². The molecule has 0 saturated heterocycles. The molecule has 2 amide bonds. The third-order valence-corrected chi connectivity index (χ3v) is 7.40. The molecule has 0 heterocycles. The lowest BCUT2D eigenvalue weighted by molar-refractivity contribution is -0.140. The number of hydrogen-bond donors (Lipinski definition) is 1. The van der Waals surface area contributed by atoms with Crippen LogP contribution in [0.2, 0.25) is 10.0 Å². The van der Waals surface area contributed by atoms with Gasteiger partial charge in [-0.25, -0.2) is 12.8 Å². The number of hydrogen-bond acceptors (Lipinski definition) is 4. The Morgan fingerprint density at radius 3 is 2.17 bits per heavy atom. The van der Waals surface area contributed by atoms with Gasteiger partial charge in [-0.15, -0.1) is 0 Å². The van der Waals surface area contributed by atoms with Gasteiger partial charge in [0.15, 0.2) is 0 Å². The van der Waals surface area contributed by atoms with Crippen LogP contribution in [0.3, 0.4) is 0 Å². The minimum atomic E-state index is -3.96. The summed E-state index contributed by atoms with van der Waals surface area (Å²) in [7, 11) is -3.96. The number of amides is 2. The number of benzene rings is 2. The third kappa shape index (κ3) is 7.81. The van der Waals surface area contributed by atoms with Gasteiger partial charge in [-0.3, -0.25) is 13.9 Å². The monoisotopic (exact) mass is 545 g/mol. The van der Waals surface area contributed by atoms with E-state index >= 15 is 0 Å². The molecule has 0 aliphatic rings. The van der Waals surface area contributed by atoms with Gasteiger partial charge in [0.2, 0.25) is 21.8 Å². The zero-order valence-corrected chi connectivity index (χ0v) is 22.4. The fourth-order valence-electron chi connectivity index (χ4n) is 3.46. The van der Waals surface area contributed by atoms with E-state index < -0.39 is 34.3 Å². The van der Waals surface area contributed by atoms with Crippen molar-refractivity contribution in [3.63, 3.8) is 0 Å². The van der Waals surface area contributed by atoms with Crippen molar-refractivity contribution >= 4 is 50.7 Å². The molecule has 192 valence electrons. The van der Waals surface area contributed by atoms with Crippen LogP contribution >= 0.6 is 23.2 Å². The lowest BCUT2D eigenvalue weighted by Crippen LogP contribution is -2.53. The smallest absolute Gasteiger partial charge is 0.244 e. The number of halogens is 3. The molecule has 0 spiro atoms. The molecule has 11 heteroatoms. The van der Waals surface area contributed by atoms with Crippen molar-refractivity contribution in [2.75, 3.05) is 17.1 Å². The van der Waals surface area contributed by atoms with Gasteiger partial charge in [-0.1, -0.05) is 49.2 Å². The summed E-state index contributed by atoms with van der Waals surface area (Å²) in [6.07, 6.45) is 1.87. The predicted octanol–water partition coefficient (Wildman–Crippen LogP) is 4.62. The Labute approximate surface area is 216 Å². The first-order chi connectivity index (χ1) is 16.4. The summed E-state index contributed by atoms with van der Waals surface area (Å²) in [5, 5.41) is 3.48. The van der Waals surface area contributed by atoms with Crippen molar-refractivity contribution < 1.29 is 22.4 Å². The zero-order chi connectivity index (χ0) is 26.3. The van der Waals surface area contributed by atoms with Crippen molar-refractivity contribution in [2.24, 2.45) is 0 Å². The van der Waals surface area contributed by atoms with Crippen LogP contribution in [0, 0.1) is 5.82 Å². The Morgan fingerprint density at radius 2 is 1.66 bits per heavy atom. The average molecular weight is 546 g/mol. The first-order valence-corrected chi connectivity index (χ1v) is 13.7. The highest BCUT2D eigenvalue weighted by molar-refractivity contribution is 7.92. The summed E-state index contributed by atoms with van der Waals surface area (Å²) >= 11 is 12.7. The summed E-state index contributed by atoms with van der Waals surface area (Å²) in [5.74, 6) is -1.69. The topological polar surface area (TPSA) is 86.8 Å². The SMILES string of the molecule is CCC(C)NC(=O)C(CC)N(Cc1c(Cl)cccc1Cl)C(=O)CN(c1cccc(F)c1)S(C)(=O)=O. The molecular formula is C24H30Cl2FN3O4S. The number of carbonyl (C=O) groups is 2. The van der Waals surface area contributed by atoms with Crippen molar-refractivity contribution in [1.82, 2.24) is 10.2 Å². The average Bonchev–Trinajstić information content (AvgIpc) is 2.78. The van der Waals surface area contributed by atoms with Gasteiger partial charge in [-0.2, -0.15) is 0 Å². The van der Waals surface area contributed by atoms with Crippen molar-refractivity contribution in [1.29, 1.82) is 0 Å². The molecule has 2 atom stereocenters. The molecule has 0 bridgehead atoms. The van der Waals surface area contributed by atoms with E-state index in [1.807, 2.05) is 13.8 Å². The lowest BCUT2D eigenvalue weighted by Gasteiger charge is -2.33. The summed E-state index contributed by atoms with van der Waals surface area (Å²) in [5.41, 5.74) is 0.421. The maximum absolute atomic E-state index is 13.8. The molecule has 0 radical (unpaired) electrons. The summed E-state index contributed by atoms with van der Waals surface area (Å²) in [4.78, 5) is 28.0. The Hall–Kier alpha value is -2.36. The van der Waals surface area contributed by atoms with Crippen LogP contribution < -0.4 is 9.62 Å². The van der Waals surface area contributed by atoms with Crippen LogP contribution in [0.5, 0.6) is 0 Å². The largest absolute Gasteiger partial charge is 0.352 e. The molecule has 2 aromatic carbocycles. The second-order valence-corrected chi connectivity index (χ2v) is 10.9. The molecule has 1 N–H and O–H groups in total. The van der Waals surface area contributed by atoms with Gasteiger partial charge in [0.05, 0.1) is 11.9 Å². The zero-order valence-electron chi connectivity index (χ0n) is 20.1. The molecule has 0 saturated carbocycles. The van der Waals surface area contributed by atoms with E-state index in [9.17, 15) is 22.4 Å². The van der Waals surface area contributed by atoms with E-state index in [4.69, 9.17) is 23.2 Å². The van der Waals surface area contributed by atoms with Crippen LogP contribution in [-0.4, -0.2) is 50.0 Å². The highest BCUT2D eigenvalue weighted by Gasteiger charge is 2.33. The van der Waals surface area contributed by atoms with Crippen LogP contribution in [0.15, 0.2) is 42.5 Å². The normalized spacial score (nSPS) is 13.1. The Balaban J connectivity index is 2.50. The summed E-state index contributed by atoms with van der Waals surface area (Å²) in [6, 6.07) is 8.77. The predicted molar refractivity (Wildman–Crippen MR) is 138 cm³/mol. The van der Waals surface area contributed by atoms with Gasteiger partial charge in [0, 0.05) is 28.2 Å². The molecule has 0 fully saturated rings. The molecule has 35 heavy (non-hydrogen) atoms. The molecule has 2 rings (SSSR count). The standard InChI is InChI=1S/C24H30Cl2FN3O4S/c1-5-16(3)28-24(32)22(6-2)29(14-19-20(25)11-8-12-21(19)26)23(31)15-30(35(4,33)34)18-10-7-9-17(27)13-18/h7-13,16,22H,5-6,14-15H2,1-4H3,(H,28,32). The van der Waals surface area contributed by atoms with E-state index in [1.54, 1.807) is 25.1 Å². The van der Waals surface area contributed by atoms with Gasteiger partial charge in [-0.05, 0) is 50.1 Å². The maximum atomic E-state index is 13.8. The number of carbonyl (C=O) groups excluding carboxylic acids is 2. The maximum Gasteiger partial charge on any atom is 0.244 e. The van der Waals surface area contributed by atoms with E-state index in [0.29, 0.717) is 22.0 Å². The number of nitrogens with one attached hydrogen (secondary N) is 1. The molecule has 0 aliphatic heterocycles. The third-order valence-electron chi connectivity index (χ3n) is 5.55. The molecule has 7 nitrogen and oxygen atoms in total. The van der Waals surface area contributed by atoms with E-state index in [-0.39, 0.29) is 30.6 Å². The molecular weight excluding hydrogens is 516 g/mol. The highest BCUT2D eigenvalue weighted by Crippen LogP contribution is 2.28. The Kier molecular flexibility index (Phi) is 10.4. The number of sulfonamides is 1. The molecule has 2 unspecified atom stereocenters. The Bertz CT molecular complexity index is 1140. The second kappa shape index (κ2) is 12.6. The first-order valence-electron chi connectivity index (χ1n) is 11.1. The number of rotatable bonds is 11. The van der Waals surface area contributed by atoms with Crippen LogP contribution in [0.4, 0.5) is 10.1 Å². The van der Waals surface area contributed by atoms with Gasteiger partial charge in [0.25, 0.3) is 0 Å². The second-order valence-electron chi connectivity index (χ2n) is 8.21.